The fraction of sp³-hybridized carbons (Fsp3) is 0.0667. The quantitative estimate of drug-likeness (QED) is 0.507. The van der Waals surface area contributed by atoms with Gasteiger partial charge in [0.2, 0.25) is 0 Å². The molecule has 1 aromatic carbocycles. The second kappa shape index (κ2) is 4.64. The van der Waals surface area contributed by atoms with E-state index in [0.29, 0.717) is 27.3 Å². The molecule has 0 N–H and O–H groups in total. The number of aryl methyl sites for hydroxylation is 1. The maximum Gasteiger partial charge on any atom is 0.264 e. The number of nitrogens with zero attached hydrogens (tertiary/aromatic N) is 5. The molecule has 0 spiro atoms. The normalized spacial score (nSPS) is 11.4. The fourth-order valence-electron chi connectivity index (χ4n) is 2.64. The van der Waals surface area contributed by atoms with Crippen LogP contribution in [-0.4, -0.2) is 30.2 Å². The minimum atomic E-state index is -0.177. The third kappa shape index (κ3) is 1.67. The summed E-state index contributed by atoms with van der Waals surface area (Å²) in [6.45, 7) is 0. The van der Waals surface area contributed by atoms with Crippen LogP contribution in [0.2, 0.25) is 5.15 Å². The van der Waals surface area contributed by atoms with E-state index in [4.69, 9.17) is 11.6 Å². The molecule has 0 saturated heterocycles. The van der Waals surface area contributed by atoms with Crippen LogP contribution in [0.5, 0.6) is 0 Å². The lowest BCUT2D eigenvalue weighted by Crippen LogP contribution is -2.12. The summed E-state index contributed by atoms with van der Waals surface area (Å²) in [5, 5.41) is 5.15. The molecular formula is C15H10ClN5O. The Balaban J connectivity index is 2.12. The van der Waals surface area contributed by atoms with E-state index in [0.717, 1.165) is 5.52 Å². The van der Waals surface area contributed by atoms with E-state index in [1.807, 2.05) is 18.2 Å². The summed E-state index contributed by atoms with van der Waals surface area (Å²) in [5.41, 5.74) is 2.45. The molecule has 0 bridgehead atoms. The Morgan fingerprint density at radius 2 is 1.95 bits per heavy atom. The molecular weight excluding hydrogens is 302 g/mol. The Bertz CT molecular complexity index is 1020. The van der Waals surface area contributed by atoms with Crippen LogP contribution in [0.3, 0.4) is 0 Å². The molecule has 4 aromatic rings. The smallest absolute Gasteiger partial charge is 0.264 e. The highest BCUT2D eigenvalue weighted by Crippen LogP contribution is 2.31. The van der Waals surface area contributed by atoms with Gasteiger partial charge in [-0.2, -0.15) is 5.10 Å². The maximum atomic E-state index is 12.9. The standard InChI is InChI=1S/C15H10ClN5O/c1-20-12-10(7-19-20)21(14-11(12)13(16)17-8-18-14)15(22)9-5-3-2-4-6-9/h2-8H,1H3. The Labute approximate surface area is 130 Å². The number of carbonyl (C=O) groups is 1. The molecule has 3 heterocycles. The first-order valence-electron chi connectivity index (χ1n) is 6.61. The summed E-state index contributed by atoms with van der Waals surface area (Å²) < 4.78 is 3.20. The molecule has 0 aliphatic heterocycles. The monoisotopic (exact) mass is 311 g/mol. The van der Waals surface area contributed by atoms with Crippen LogP contribution >= 0.6 is 11.6 Å². The summed E-state index contributed by atoms with van der Waals surface area (Å²) in [7, 11) is 1.79. The summed E-state index contributed by atoms with van der Waals surface area (Å²) in [4.78, 5) is 21.1. The number of aromatic nitrogens is 5. The number of fused-ring (bicyclic) bond motifs is 3. The van der Waals surface area contributed by atoms with Gasteiger partial charge in [-0.1, -0.05) is 29.8 Å². The molecule has 0 amide bonds. The van der Waals surface area contributed by atoms with Crippen LogP contribution in [-0.2, 0) is 7.05 Å². The number of benzene rings is 1. The minimum absolute atomic E-state index is 0.177. The molecule has 108 valence electrons. The lowest BCUT2D eigenvalue weighted by atomic mass is 10.2. The predicted molar refractivity (Wildman–Crippen MR) is 83.0 cm³/mol. The molecule has 22 heavy (non-hydrogen) atoms. The Kier molecular flexibility index (Phi) is 2.74. The van der Waals surface area contributed by atoms with Crippen molar-refractivity contribution in [3.8, 4) is 0 Å². The van der Waals surface area contributed by atoms with Crippen molar-refractivity contribution in [2.45, 2.75) is 0 Å². The third-order valence-corrected chi connectivity index (χ3v) is 3.90. The van der Waals surface area contributed by atoms with Crippen molar-refractivity contribution in [3.05, 3.63) is 53.6 Å². The van der Waals surface area contributed by atoms with Gasteiger partial charge in [-0.05, 0) is 12.1 Å². The van der Waals surface area contributed by atoms with E-state index >= 15 is 0 Å². The van der Waals surface area contributed by atoms with Gasteiger partial charge >= 0.3 is 0 Å². The van der Waals surface area contributed by atoms with Crippen molar-refractivity contribution in [1.29, 1.82) is 0 Å². The van der Waals surface area contributed by atoms with Gasteiger partial charge in [0.25, 0.3) is 5.91 Å². The highest BCUT2D eigenvalue weighted by atomic mass is 35.5. The van der Waals surface area contributed by atoms with E-state index < -0.39 is 0 Å². The molecule has 7 heteroatoms. The van der Waals surface area contributed by atoms with Crippen molar-refractivity contribution in [2.75, 3.05) is 0 Å². The number of carbonyl (C=O) groups excluding carboxylic acids is 1. The molecule has 3 aromatic heterocycles. The molecule has 0 atom stereocenters. The highest BCUT2D eigenvalue weighted by molar-refractivity contribution is 6.36. The summed E-state index contributed by atoms with van der Waals surface area (Å²) in [6.07, 6.45) is 2.99. The van der Waals surface area contributed by atoms with Crippen LogP contribution in [0, 0.1) is 0 Å². The maximum absolute atomic E-state index is 12.9. The molecule has 0 radical (unpaired) electrons. The first-order chi connectivity index (χ1) is 10.7. The lowest BCUT2D eigenvalue weighted by molar-refractivity contribution is 0.0969. The predicted octanol–water partition coefficient (Wildman–Crippen LogP) is 2.66. The first kappa shape index (κ1) is 13.0. The second-order valence-electron chi connectivity index (χ2n) is 4.87. The van der Waals surface area contributed by atoms with Crippen LogP contribution in [0.15, 0.2) is 42.9 Å². The highest BCUT2D eigenvalue weighted by Gasteiger charge is 2.23. The summed E-state index contributed by atoms with van der Waals surface area (Å²) in [6, 6.07) is 9.03. The van der Waals surface area contributed by atoms with E-state index in [9.17, 15) is 4.79 Å². The zero-order chi connectivity index (χ0) is 15.3. The fourth-order valence-corrected chi connectivity index (χ4v) is 2.86. The average molecular weight is 312 g/mol. The van der Waals surface area contributed by atoms with Crippen molar-refractivity contribution >= 4 is 39.6 Å². The van der Waals surface area contributed by atoms with Gasteiger partial charge in [-0.25, -0.2) is 9.97 Å². The molecule has 0 saturated carbocycles. The van der Waals surface area contributed by atoms with Crippen LogP contribution < -0.4 is 0 Å². The number of hydrogen-bond acceptors (Lipinski definition) is 4. The molecule has 0 unspecified atom stereocenters. The van der Waals surface area contributed by atoms with Crippen molar-refractivity contribution in [1.82, 2.24) is 24.3 Å². The van der Waals surface area contributed by atoms with Gasteiger partial charge in [-0.3, -0.25) is 14.0 Å². The third-order valence-electron chi connectivity index (χ3n) is 3.61. The van der Waals surface area contributed by atoms with Crippen LogP contribution in [0.1, 0.15) is 10.4 Å². The van der Waals surface area contributed by atoms with Gasteiger partial charge in [0.05, 0.1) is 22.6 Å². The van der Waals surface area contributed by atoms with Gasteiger partial charge in [0.15, 0.2) is 5.65 Å². The van der Waals surface area contributed by atoms with E-state index in [1.165, 1.54) is 10.9 Å². The lowest BCUT2D eigenvalue weighted by Gasteiger charge is -2.04. The Morgan fingerprint density at radius 3 is 2.73 bits per heavy atom. The molecule has 0 fully saturated rings. The van der Waals surface area contributed by atoms with E-state index in [1.54, 1.807) is 30.1 Å². The van der Waals surface area contributed by atoms with Gasteiger partial charge in [-0.15, -0.1) is 0 Å². The van der Waals surface area contributed by atoms with Gasteiger partial charge in [0.1, 0.15) is 11.5 Å². The SMILES string of the molecule is Cn1ncc2c1c1c(Cl)ncnc1n2C(=O)c1ccccc1. The van der Waals surface area contributed by atoms with Crippen molar-refractivity contribution in [3.63, 3.8) is 0 Å². The van der Waals surface area contributed by atoms with E-state index in [-0.39, 0.29) is 5.91 Å². The number of rotatable bonds is 1. The zero-order valence-electron chi connectivity index (χ0n) is 11.6. The molecule has 0 aliphatic rings. The number of hydrogen-bond donors (Lipinski definition) is 0. The largest absolute Gasteiger partial charge is 0.268 e. The molecule has 0 aliphatic carbocycles. The molecule has 6 nitrogen and oxygen atoms in total. The number of halogens is 1. The Hall–Kier alpha value is -2.73. The summed E-state index contributed by atoms with van der Waals surface area (Å²) in [5.74, 6) is -0.177. The molecule has 4 rings (SSSR count). The van der Waals surface area contributed by atoms with Gasteiger partial charge in [0, 0.05) is 12.6 Å². The average Bonchev–Trinajstić information content (AvgIpc) is 3.06. The minimum Gasteiger partial charge on any atom is -0.268 e. The van der Waals surface area contributed by atoms with Crippen molar-refractivity contribution in [2.24, 2.45) is 7.05 Å². The first-order valence-corrected chi connectivity index (χ1v) is 6.98. The van der Waals surface area contributed by atoms with Gasteiger partial charge < -0.3 is 0 Å². The topological polar surface area (TPSA) is 65.6 Å². The van der Waals surface area contributed by atoms with Crippen molar-refractivity contribution < 1.29 is 4.79 Å². The second-order valence-corrected chi connectivity index (χ2v) is 5.23. The van der Waals surface area contributed by atoms with Crippen LogP contribution in [0.4, 0.5) is 0 Å². The van der Waals surface area contributed by atoms with Crippen LogP contribution in [0.25, 0.3) is 22.1 Å². The summed E-state index contributed by atoms with van der Waals surface area (Å²) >= 11 is 6.21. The Morgan fingerprint density at radius 1 is 1.18 bits per heavy atom. The zero-order valence-corrected chi connectivity index (χ0v) is 12.3. The van der Waals surface area contributed by atoms with E-state index in [2.05, 4.69) is 15.1 Å².